The third-order valence-corrected chi connectivity index (χ3v) is 2.50. The molecule has 2 aromatic rings. The fraction of sp³-hybridized carbons (Fsp3) is 0.462. The molecule has 0 unspecified atom stereocenters. The van der Waals surface area contributed by atoms with Gasteiger partial charge in [0.05, 0.1) is 0 Å². The zero-order valence-corrected chi connectivity index (χ0v) is 11.6. The van der Waals surface area contributed by atoms with E-state index >= 15 is 0 Å². The van der Waals surface area contributed by atoms with Crippen molar-refractivity contribution in [1.29, 1.82) is 0 Å². The summed E-state index contributed by atoms with van der Waals surface area (Å²) in [5, 5.41) is 11.4. The smallest absolute Gasteiger partial charge is 0.188 e. The normalized spacial score (nSPS) is 12.9. The van der Waals surface area contributed by atoms with Crippen LogP contribution in [0.25, 0.3) is 5.65 Å². The lowest BCUT2D eigenvalue weighted by Gasteiger charge is -2.20. The van der Waals surface area contributed by atoms with Crippen LogP contribution in [0.2, 0.25) is 0 Å². The molecule has 2 rings (SSSR count). The Hall–Kier alpha value is -2.11. The minimum Gasteiger partial charge on any atom is -0.370 e. The maximum atomic E-state index is 5.81. The Morgan fingerprint density at radius 1 is 1.37 bits per heavy atom. The number of aromatic nitrogens is 3. The summed E-state index contributed by atoms with van der Waals surface area (Å²) in [6.45, 7) is 6.72. The van der Waals surface area contributed by atoms with Gasteiger partial charge in [0.2, 0.25) is 0 Å². The van der Waals surface area contributed by atoms with E-state index in [9.17, 15) is 0 Å². The van der Waals surface area contributed by atoms with E-state index in [1.54, 1.807) is 0 Å². The molecule has 0 aliphatic heterocycles. The van der Waals surface area contributed by atoms with Crippen molar-refractivity contribution in [2.24, 2.45) is 10.7 Å². The standard InChI is InChI=1S/C13H20N6/c1-13(2,3)16-12(14)15-8-7-11-18-17-10-6-4-5-9-19(10)11/h4-6,9H,7-8H2,1-3H3,(H3,14,15,16). The van der Waals surface area contributed by atoms with Crippen molar-refractivity contribution in [2.75, 3.05) is 6.54 Å². The minimum atomic E-state index is -0.0743. The maximum Gasteiger partial charge on any atom is 0.188 e. The molecule has 0 amide bonds. The first-order valence-electron chi connectivity index (χ1n) is 6.32. The van der Waals surface area contributed by atoms with E-state index in [4.69, 9.17) is 5.73 Å². The third kappa shape index (κ3) is 3.67. The number of hydrogen-bond acceptors (Lipinski definition) is 3. The van der Waals surface area contributed by atoms with Gasteiger partial charge in [0.15, 0.2) is 11.6 Å². The molecule has 19 heavy (non-hydrogen) atoms. The van der Waals surface area contributed by atoms with Crippen LogP contribution in [0.15, 0.2) is 29.4 Å². The van der Waals surface area contributed by atoms with Crippen LogP contribution < -0.4 is 11.1 Å². The molecule has 0 aromatic carbocycles. The Kier molecular flexibility index (Phi) is 3.69. The molecule has 102 valence electrons. The van der Waals surface area contributed by atoms with Gasteiger partial charge in [-0.3, -0.25) is 9.39 Å². The molecule has 0 atom stereocenters. The number of nitrogens with two attached hydrogens (primary N) is 1. The van der Waals surface area contributed by atoms with Crippen molar-refractivity contribution in [3.63, 3.8) is 0 Å². The van der Waals surface area contributed by atoms with Gasteiger partial charge in [-0.1, -0.05) is 6.07 Å². The van der Waals surface area contributed by atoms with Crippen LogP contribution in [-0.4, -0.2) is 32.6 Å². The van der Waals surface area contributed by atoms with Crippen molar-refractivity contribution in [2.45, 2.75) is 32.7 Å². The zero-order chi connectivity index (χ0) is 13.9. The number of pyridine rings is 1. The molecule has 0 spiro atoms. The highest BCUT2D eigenvalue weighted by Gasteiger charge is 2.09. The summed E-state index contributed by atoms with van der Waals surface area (Å²) in [5.74, 6) is 1.35. The van der Waals surface area contributed by atoms with Gasteiger partial charge in [0.25, 0.3) is 0 Å². The van der Waals surface area contributed by atoms with Crippen LogP contribution in [-0.2, 0) is 6.42 Å². The van der Waals surface area contributed by atoms with E-state index in [1.165, 1.54) is 0 Å². The minimum absolute atomic E-state index is 0.0743. The van der Waals surface area contributed by atoms with Crippen LogP contribution in [0.5, 0.6) is 0 Å². The van der Waals surface area contributed by atoms with Gasteiger partial charge in [0.1, 0.15) is 5.82 Å². The fourth-order valence-corrected chi connectivity index (χ4v) is 1.76. The van der Waals surface area contributed by atoms with Crippen LogP contribution >= 0.6 is 0 Å². The lowest BCUT2D eigenvalue weighted by atomic mass is 10.1. The van der Waals surface area contributed by atoms with E-state index in [0.29, 0.717) is 18.9 Å². The number of nitrogens with zero attached hydrogens (tertiary/aromatic N) is 4. The second-order valence-corrected chi connectivity index (χ2v) is 5.44. The summed E-state index contributed by atoms with van der Waals surface area (Å²) < 4.78 is 1.96. The molecule has 0 saturated heterocycles. The topological polar surface area (TPSA) is 80.6 Å². The molecule has 0 radical (unpaired) electrons. The lowest BCUT2D eigenvalue weighted by Crippen LogP contribution is -2.45. The average Bonchev–Trinajstić information content (AvgIpc) is 2.70. The van der Waals surface area contributed by atoms with Gasteiger partial charge in [-0.25, -0.2) is 0 Å². The van der Waals surface area contributed by atoms with Crippen LogP contribution in [0.4, 0.5) is 0 Å². The Morgan fingerprint density at radius 2 is 2.16 bits per heavy atom. The molecule has 0 fully saturated rings. The van der Waals surface area contributed by atoms with Gasteiger partial charge in [0, 0.05) is 24.7 Å². The molecule has 3 N–H and O–H groups in total. The lowest BCUT2D eigenvalue weighted by molar-refractivity contribution is 0.508. The molecule has 0 aliphatic rings. The molecule has 6 nitrogen and oxygen atoms in total. The van der Waals surface area contributed by atoms with Gasteiger partial charge in [-0.2, -0.15) is 0 Å². The van der Waals surface area contributed by atoms with E-state index in [0.717, 1.165) is 11.5 Å². The number of nitrogens with one attached hydrogen (secondary N) is 1. The Balaban J connectivity index is 1.98. The summed E-state index contributed by atoms with van der Waals surface area (Å²) in [4.78, 5) is 4.29. The molecular weight excluding hydrogens is 240 g/mol. The first-order chi connectivity index (χ1) is 8.96. The largest absolute Gasteiger partial charge is 0.370 e. The van der Waals surface area contributed by atoms with Crippen molar-refractivity contribution >= 4 is 11.6 Å². The quantitative estimate of drug-likeness (QED) is 0.636. The highest BCUT2D eigenvalue weighted by atomic mass is 15.2. The Morgan fingerprint density at radius 3 is 2.89 bits per heavy atom. The number of rotatable bonds is 3. The Bertz CT molecular complexity index is 578. The highest BCUT2D eigenvalue weighted by Crippen LogP contribution is 2.03. The van der Waals surface area contributed by atoms with E-state index < -0.39 is 0 Å². The molecule has 6 heteroatoms. The van der Waals surface area contributed by atoms with Crippen molar-refractivity contribution in [3.8, 4) is 0 Å². The predicted octanol–water partition coefficient (Wildman–Crippen LogP) is 0.975. The summed E-state index contributed by atoms with van der Waals surface area (Å²) in [5.41, 5.74) is 6.58. The van der Waals surface area contributed by atoms with Crippen LogP contribution in [0.3, 0.4) is 0 Å². The van der Waals surface area contributed by atoms with Crippen molar-refractivity contribution in [1.82, 2.24) is 19.9 Å². The van der Waals surface area contributed by atoms with Gasteiger partial charge >= 0.3 is 0 Å². The highest BCUT2D eigenvalue weighted by molar-refractivity contribution is 5.78. The Labute approximate surface area is 112 Å². The van der Waals surface area contributed by atoms with E-state index in [1.807, 2.05) is 49.6 Å². The summed E-state index contributed by atoms with van der Waals surface area (Å²) in [6.07, 6.45) is 2.66. The van der Waals surface area contributed by atoms with Crippen LogP contribution in [0.1, 0.15) is 26.6 Å². The maximum absolute atomic E-state index is 5.81. The first-order valence-corrected chi connectivity index (χ1v) is 6.32. The zero-order valence-electron chi connectivity index (χ0n) is 11.6. The molecule has 0 aliphatic carbocycles. The second kappa shape index (κ2) is 5.26. The third-order valence-electron chi connectivity index (χ3n) is 2.50. The molecule has 0 saturated carbocycles. The molecule has 2 aromatic heterocycles. The average molecular weight is 260 g/mol. The number of aliphatic imine (C=N–C) groups is 1. The molecule has 2 heterocycles. The number of hydrogen-bond donors (Lipinski definition) is 2. The SMILES string of the molecule is CC(C)(C)NC(N)=NCCc1nnc2ccccn12. The fourth-order valence-electron chi connectivity index (χ4n) is 1.76. The van der Waals surface area contributed by atoms with Crippen LogP contribution in [0, 0.1) is 0 Å². The van der Waals surface area contributed by atoms with Crippen molar-refractivity contribution < 1.29 is 0 Å². The van der Waals surface area contributed by atoms with E-state index in [2.05, 4.69) is 20.5 Å². The van der Waals surface area contributed by atoms with Gasteiger partial charge in [-0.05, 0) is 32.9 Å². The number of fused-ring (bicyclic) bond motifs is 1. The molecular formula is C13H20N6. The van der Waals surface area contributed by atoms with Gasteiger partial charge < -0.3 is 11.1 Å². The predicted molar refractivity (Wildman–Crippen MR) is 76.1 cm³/mol. The first kappa shape index (κ1) is 13.3. The summed E-state index contributed by atoms with van der Waals surface area (Å²) in [7, 11) is 0. The monoisotopic (exact) mass is 260 g/mol. The summed E-state index contributed by atoms with van der Waals surface area (Å²) in [6, 6.07) is 5.82. The van der Waals surface area contributed by atoms with Crippen molar-refractivity contribution in [3.05, 3.63) is 30.2 Å². The number of guanidine groups is 1. The molecule has 0 bridgehead atoms. The van der Waals surface area contributed by atoms with Gasteiger partial charge in [-0.15, -0.1) is 10.2 Å². The van der Waals surface area contributed by atoms with E-state index in [-0.39, 0.29) is 5.54 Å². The second-order valence-electron chi connectivity index (χ2n) is 5.44. The summed E-state index contributed by atoms with van der Waals surface area (Å²) >= 11 is 0.